The lowest BCUT2D eigenvalue weighted by atomic mass is 9.97. The summed E-state index contributed by atoms with van der Waals surface area (Å²) in [6.07, 6.45) is 1.03. The highest BCUT2D eigenvalue weighted by atomic mass is 19.3. The van der Waals surface area contributed by atoms with Gasteiger partial charge in [0.15, 0.2) is 6.61 Å². The molecule has 94 valence electrons. The van der Waals surface area contributed by atoms with Gasteiger partial charge >= 0.3 is 0 Å². The molecular formula is C13H17F2NO. The van der Waals surface area contributed by atoms with Gasteiger partial charge in [-0.05, 0) is 24.6 Å². The van der Waals surface area contributed by atoms with Crippen molar-refractivity contribution in [3.63, 3.8) is 0 Å². The zero-order chi connectivity index (χ0) is 12.3. The van der Waals surface area contributed by atoms with Crippen LogP contribution in [0.3, 0.4) is 0 Å². The van der Waals surface area contributed by atoms with Crippen LogP contribution in [0, 0.1) is 0 Å². The molecular weight excluding hydrogens is 224 g/mol. The number of ether oxygens (including phenoxy) is 1. The van der Waals surface area contributed by atoms with E-state index in [0.29, 0.717) is 11.7 Å². The number of nitrogens with one attached hydrogen (secondary N) is 1. The largest absolute Gasteiger partial charge is 0.487 e. The number of benzene rings is 1. The van der Waals surface area contributed by atoms with Crippen molar-refractivity contribution in [3.8, 4) is 5.75 Å². The van der Waals surface area contributed by atoms with E-state index >= 15 is 0 Å². The molecule has 2 nitrogen and oxygen atoms in total. The van der Waals surface area contributed by atoms with E-state index < -0.39 is 12.5 Å². The normalized spacial score (nSPS) is 20.5. The topological polar surface area (TPSA) is 21.3 Å². The number of rotatable bonds is 4. The molecule has 0 aromatic heterocycles. The predicted molar refractivity (Wildman–Crippen MR) is 62.8 cm³/mol. The van der Waals surface area contributed by atoms with Crippen LogP contribution in [0.4, 0.5) is 8.78 Å². The van der Waals surface area contributed by atoms with Gasteiger partial charge in [-0.2, -0.15) is 0 Å². The van der Waals surface area contributed by atoms with E-state index in [0.717, 1.165) is 32.0 Å². The van der Waals surface area contributed by atoms with Crippen LogP contribution in [0.2, 0.25) is 0 Å². The highest BCUT2D eigenvalue weighted by molar-refractivity contribution is 5.37. The van der Waals surface area contributed by atoms with Crippen LogP contribution >= 0.6 is 0 Å². The first-order chi connectivity index (χ1) is 8.06. The number of halogens is 2. The quantitative estimate of drug-likeness (QED) is 0.875. The average molecular weight is 241 g/mol. The average Bonchev–Trinajstić information content (AvgIpc) is 2.79. The lowest BCUT2D eigenvalue weighted by Gasteiger charge is -2.17. The van der Waals surface area contributed by atoms with Crippen LogP contribution in [0.5, 0.6) is 5.75 Å². The summed E-state index contributed by atoms with van der Waals surface area (Å²) in [7, 11) is 0. The van der Waals surface area contributed by atoms with E-state index in [-0.39, 0.29) is 0 Å². The smallest absolute Gasteiger partial charge is 0.278 e. The lowest BCUT2D eigenvalue weighted by Crippen LogP contribution is -2.21. The van der Waals surface area contributed by atoms with E-state index in [1.807, 2.05) is 18.2 Å². The van der Waals surface area contributed by atoms with Crippen molar-refractivity contribution in [1.82, 2.24) is 5.32 Å². The van der Waals surface area contributed by atoms with Crippen molar-refractivity contribution in [2.24, 2.45) is 0 Å². The molecule has 1 aliphatic rings. The molecule has 2 rings (SSSR count). The first kappa shape index (κ1) is 12.3. The SMILES string of the molecule is CC(F)(F)COc1ccccc1C1CCNC1. The fraction of sp³-hybridized carbons (Fsp3) is 0.538. The standard InChI is InChI=1S/C13H17F2NO/c1-13(14,15)9-17-12-5-3-2-4-11(12)10-6-7-16-8-10/h2-5,10,16H,6-9H2,1H3. The molecule has 0 radical (unpaired) electrons. The molecule has 0 saturated carbocycles. The van der Waals surface area contributed by atoms with Gasteiger partial charge in [-0.3, -0.25) is 0 Å². The second kappa shape index (κ2) is 5.00. The molecule has 0 amide bonds. The summed E-state index contributed by atoms with van der Waals surface area (Å²) in [5, 5.41) is 3.27. The van der Waals surface area contributed by atoms with Gasteiger partial charge < -0.3 is 10.1 Å². The van der Waals surface area contributed by atoms with Gasteiger partial charge in [-0.1, -0.05) is 18.2 Å². The molecule has 1 N–H and O–H groups in total. The Labute approximate surface area is 100.0 Å². The molecule has 0 aliphatic carbocycles. The van der Waals surface area contributed by atoms with E-state index in [9.17, 15) is 8.78 Å². The molecule has 17 heavy (non-hydrogen) atoms. The van der Waals surface area contributed by atoms with Gasteiger partial charge in [0.05, 0.1) is 0 Å². The van der Waals surface area contributed by atoms with Crippen LogP contribution in [0.15, 0.2) is 24.3 Å². The van der Waals surface area contributed by atoms with Crippen LogP contribution in [0.1, 0.15) is 24.8 Å². The maximum atomic E-state index is 12.8. The van der Waals surface area contributed by atoms with Gasteiger partial charge in [0.25, 0.3) is 5.92 Å². The summed E-state index contributed by atoms with van der Waals surface area (Å²) in [5.41, 5.74) is 1.03. The molecule has 1 saturated heterocycles. The van der Waals surface area contributed by atoms with Gasteiger partial charge in [0.2, 0.25) is 0 Å². The number of alkyl halides is 2. The monoisotopic (exact) mass is 241 g/mol. The van der Waals surface area contributed by atoms with Crippen molar-refractivity contribution < 1.29 is 13.5 Å². The Kier molecular flexibility index (Phi) is 3.62. The summed E-state index contributed by atoms with van der Waals surface area (Å²) < 4.78 is 30.8. The van der Waals surface area contributed by atoms with Crippen LogP contribution < -0.4 is 10.1 Å². The Morgan fingerprint density at radius 1 is 1.41 bits per heavy atom. The summed E-state index contributed by atoms with van der Waals surface area (Å²) in [6, 6.07) is 7.46. The molecule has 0 spiro atoms. The fourth-order valence-electron chi connectivity index (χ4n) is 2.07. The molecule has 1 heterocycles. The van der Waals surface area contributed by atoms with E-state index in [4.69, 9.17) is 4.74 Å². The Hall–Kier alpha value is -1.16. The summed E-state index contributed by atoms with van der Waals surface area (Å²) in [4.78, 5) is 0. The number of hydrogen-bond acceptors (Lipinski definition) is 2. The van der Waals surface area contributed by atoms with Gasteiger partial charge in [-0.15, -0.1) is 0 Å². The first-order valence-corrected chi connectivity index (χ1v) is 5.86. The Morgan fingerprint density at radius 3 is 2.82 bits per heavy atom. The maximum absolute atomic E-state index is 12.8. The van der Waals surface area contributed by atoms with Gasteiger partial charge in [-0.25, -0.2) is 8.78 Å². The molecule has 1 fully saturated rings. The number of para-hydroxylation sites is 1. The van der Waals surface area contributed by atoms with Gasteiger partial charge in [0, 0.05) is 19.4 Å². The Morgan fingerprint density at radius 2 is 2.18 bits per heavy atom. The first-order valence-electron chi connectivity index (χ1n) is 5.86. The van der Waals surface area contributed by atoms with Crippen molar-refractivity contribution in [2.45, 2.75) is 25.2 Å². The van der Waals surface area contributed by atoms with Crippen LogP contribution in [-0.2, 0) is 0 Å². The van der Waals surface area contributed by atoms with Crippen molar-refractivity contribution in [3.05, 3.63) is 29.8 Å². The Bertz CT molecular complexity index is 370. The second-order valence-electron chi connectivity index (χ2n) is 4.59. The van der Waals surface area contributed by atoms with E-state index in [1.165, 1.54) is 0 Å². The Balaban J connectivity index is 2.10. The third-order valence-electron chi connectivity index (χ3n) is 2.90. The fourth-order valence-corrected chi connectivity index (χ4v) is 2.07. The van der Waals surface area contributed by atoms with E-state index in [2.05, 4.69) is 5.32 Å². The van der Waals surface area contributed by atoms with E-state index in [1.54, 1.807) is 6.07 Å². The lowest BCUT2D eigenvalue weighted by molar-refractivity contribution is -0.0232. The van der Waals surface area contributed by atoms with Crippen molar-refractivity contribution in [1.29, 1.82) is 0 Å². The highest BCUT2D eigenvalue weighted by Crippen LogP contribution is 2.31. The summed E-state index contributed by atoms with van der Waals surface area (Å²) in [6.45, 7) is 2.17. The van der Waals surface area contributed by atoms with Crippen LogP contribution in [0.25, 0.3) is 0 Å². The summed E-state index contributed by atoms with van der Waals surface area (Å²) in [5.74, 6) is -1.83. The molecule has 1 aromatic carbocycles. The molecule has 1 aromatic rings. The molecule has 0 bridgehead atoms. The number of hydrogen-bond donors (Lipinski definition) is 1. The zero-order valence-corrected chi connectivity index (χ0v) is 9.88. The van der Waals surface area contributed by atoms with Crippen molar-refractivity contribution >= 4 is 0 Å². The van der Waals surface area contributed by atoms with Crippen molar-refractivity contribution in [2.75, 3.05) is 19.7 Å². The minimum atomic E-state index is -2.79. The summed E-state index contributed by atoms with van der Waals surface area (Å²) >= 11 is 0. The third kappa shape index (κ3) is 3.40. The van der Waals surface area contributed by atoms with Gasteiger partial charge in [0.1, 0.15) is 5.75 Å². The zero-order valence-electron chi connectivity index (χ0n) is 9.88. The predicted octanol–water partition coefficient (Wildman–Crippen LogP) is 2.80. The molecule has 1 aliphatic heterocycles. The second-order valence-corrected chi connectivity index (χ2v) is 4.59. The minimum absolute atomic E-state index is 0.372. The molecule has 1 atom stereocenters. The minimum Gasteiger partial charge on any atom is -0.487 e. The maximum Gasteiger partial charge on any atom is 0.278 e. The molecule has 1 unspecified atom stereocenters. The highest BCUT2D eigenvalue weighted by Gasteiger charge is 2.24. The molecule has 4 heteroatoms. The van der Waals surface area contributed by atoms with Crippen LogP contribution in [-0.4, -0.2) is 25.6 Å². The third-order valence-corrected chi connectivity index (χ3v) is 2.90.